The molecule has 0 aliphatic rings. The van der Waals surface area contributed by atoms with E-state index >= 15 is 0 Å². The van der Waals surface area contributed by atoms with Gasteiger partial charge in [-0.25, -0.2) is 0 Å². The second-order valence-corrected chi connectivity index (χ2v) is 7.43. The monoisotopic (exact) mass is 282 g/mol. The molecule has 0 aromatic heterocycles. The average molecular weight is 283 g/mol. The van der Waals surface area contributed by atoms with E-state index in [1.165, 1.54) is 27.8 Å². The van der Waals surface area contributed by atoms with Gasteiger partial charge in [-0.3, -0.25) is 0 Å². The van der Waals surface area contributed by atoms with Crippen molar-refractivity contribution in [2.45, 2.75) is 34.6 Å². The van der Waals surface area contributed by atoms with Crippen molar-refractivity contribution < 1.29 is 8.42 Å². The standard InChI is InChI=1S/C11H16.Cl2O2S/c1-7-6-8(2)10(4)11(5)9(7)3;1-5(2,3)4/h6H,1-5H3;. The quantitative estimate of drug-likeness (QED) is 0.676. The van der Waals surface area contributed by atoms with Crippen LogP contribution < -0.4 is 0 Å². The Bertz CT molecular complexity index is 445. The summed E-state index contributed by atoms with van der Waals surface area (Å²) >= 11 is 0. The second-order valence-electron chi connectivity index (χ2n) is 3.76. The van der Waals surface area contributed by atoms with Crippen molar-refractivity contribution in [3.05, 3.63) is 33.9 Å². The van der Waals surface area contributed by atoms with E-state index in [-0.39, 0.29) is 0 Å². The molecular formula is C11H16Cl2O2S. The van der Waals surface area contributed by atoms with Crippen LogP contribution in [0, 0.1) is 34.6 Å². The Kier molecular flexibility index (Phi) is 5.80. The van der Waals surface area contributed by atoms with Gasteiger partial charge in [0.2, 0.25) is 0 Å². The van der Waals surface area contributed by atoms with Gasteiger partial charge >= 0.3 is 8.26 Å². The third-order valence-electron chi connectivity index (χ3n) is 2.74. The molecule has 92 valence electrons. The predicted octanol–water partition coefficient (Wildman–Crippen LogP) is 3.94. The van der Waals surface area contributed by atoms with Crippen LogP contribution >= 0.6 is 21.4 Å². The number of hydrogen-bond donors (Lipinski definition) is 0. The van der Waals surface area contributed by atoms with Crippen molar-refractivity contribution in [1.29, 1.82) is 0 Å². The van der Waals surface area contributed by atoms with E-state index in [0.29, 0.717) is 0 Å². The number of halogens is 2. The summed E-state index contributed by atoms with van der Waals surface area (Å²) in [7, 11) is 4.81. The summed E-state index contributed by atoms with van der Waals surface area (Å²) in [6.45, 7) is 10.9. The van der Waals surface area contributed by atoms with E-state index in [1.54, 1.807) is 0 Å². The van der Waals surface area contributed by atoms with Gasteiger partial charge in [-0.1, -0.05) is 6.07 Å². The van der Waals surface area contributed by atoms with Gasteiger partial charge in [-0.15, -0.1) is 0 Å². The molecule has 0 fully saturated rings. The lowest BCUT2D eigenvalue weighted by Crippen LogP contribution is -1.93. The lowest BCUT2D eigenvalue weighted by molar-refractivity contribution is 0.621. The first kappa shape index (κ1) is 15.8. The van der Waals surface area contributed by atoms with E-state index in [2.05, 4.69) is 62.0 Å². The minimum Gasteiger partial charge on any atom is -0.195 e. The molecule has 1 rings (SSSR count). The highest BCUT2D eigenvalue weighted by atomic mass is 36.0. The maximum Gasteiger partial charge on any atom is 0.317 e. The number of aryl methyl sites for hydroxylation is 2. The van der Waals surface area contributed by atoms with E-state index in [0.717, 1.165) is 0 Å². The van der Waals surface area contributed by atoms with Gasteiger partial charge in [0.25, 0.3) is 0 Å². The molecule has 0 radical (unpaired) electrons. The zero-order chi connectivity index (χ0) is 13.1. The van der Waals surface area contributed by atoms with Crippen LogP contribution in [0.15, 0.2) is 6.07 Å². The van der Waals surface area contributed by atoms with E-state index in [4.69, 9.17) is 8.42 Å². The molecule has 1 aromatic rings. The fraction of sp³-hybridized carbons (Fsp3) is 0.455. The van der Waals surface area contributed by atoms with Gasteiger partial charge in [0.1, 0.15) is 0 Å². The summed E-state index contributed by atoms with van der Waals surface area (Å²) in [6, 6.07) is 2.26. The molecular weight excluding hydrogens is 267 g/mol. The molecule has 1 aromatic carbocycles. The summed E-state index contributed by atoms with van der Waals surface area (Å²) in [5.41, 5.74) is 7.14. The molecule has 0 spiro atoms. The van der Waals surface area contributed by atoms with Crippen LogP contribution in [0.3, 0.4) is 0 Å². The zero-order valence-electron chi connectivity index (χ0n) is 10.1. The van der Waals surface area contributed by atoms with Crippen molar-refractivity contribution in [1.82, 2.24) is 0 Å². The van der Waals surface area contributed by atoms with Crippen molar-refractivity contribution in [2.24, 2.45) is 0 Å². The third-order valence-corrected chi connectivity index (χ3v) is 2.74. The highest BCUT2D eigenvalue weighted by Crippen LogP contribution is 2.19. The van der Waals surface area contributed by atoms with Gasteiger partial charge in [0, 0.05) is 21.4 Å². The van der Waals surface area contributed by atoms with Gasteiger partial charge < -0.3 is 0 Å². The average Bonchev–Trinajstić information content (AvgIpc) is 2.09. The highest BCUT2D eigenvalue weighted by molar-refractivity contribution is 8.31. The molecule has 16 heavy (non-hydrogen) atoms. The summed E-state index contributed by atoms with van der Waals surface area (Å²) in [5, 5.41) is 0. The Hall–Kier alpha value is -0.250. The zero-order valence-corrected chi connectivity index (χ0v) is 12.4. The van der Waals surface area contributed by atoms with E-state index < -0.39 is 8.26 Å². The highest BCUT2D eigenvalue weighted by Gasteiger charge is 2.02. The van der Waals surface area contributed by atoms with Crippen LogP contribution in [0.25, 0.3) is 0 Å². The van der Waals surface area contributed by atoms with Crippen LogP contribution in [0.5, 0.6) is 0 Å². The first-order valence-corrected chi connectivity index (χ1v) is 7.85. The minimum absolute atomic E-state index is 1.41. The molecule has 0 saturated carbocycles. The first-order chi connectivity index (χ1) is 7.04. The van der Waals surface area contributed by atoms with Crippen molar-refractivity contribution in [3.8, 4) is 0 Å². The van der Waals surface area contributed by atoms with Crippen molar-refractivity contribution >= 4 is 29.6 Å². The van der Waals surface area contributed by atoms with Crippen LogP contribution in [-0.2, 0) is 8.26 Å². The van der Waals surface area contributed by atoms with Gasteiger partial charge in [-0.05, 0) is 62.4 Å². The fourth-order valence-electron chi connectivity index (χ4n) is 1.41. The largest absolute Gasteiger partial charge is 0.317 e. The number of benzene rings is 1. The van der Waals surface area contributed by atoms with Crippen LogP contribution in [-0.4, -0.2) is 8.42 Å². The molecule has 0 aliphatic carbocycles. The Morgan fingerprint density at radius 1 is 0.812 bits per heavy atom. The molecule has 0 N–H and O–H groups in total. The van der Waals surface area contributed by atoms with Gasteiger partial charge in [0.15, 0.2) is 0 Å². The topological polar surface area (TPSA) is 34.1 Å². The predicted molar refractivity (Wildman–Crippen MR) is 70.8 cm³/mol. The maximum atomic E-state index is 9.16. The smallest absolute Gasteiger partial charge is 0.195 e. The fourth-order valence-corrected chi connectivity index (χ4v) is 1.41. The van der Waals surface area contributed by atoms with E-state index in [9.17, 15) is 0 Å². The molecule has 0 amide bonds. The first-order valence-electron chi connectivity index (χ1n) is 4.72. The Labute approximate surface area is 107 Å². The summed E-state index contributed by atoms with van der Waals surface area (Å²) in [6.07, 6.45) is 0. The molecule has 5 heteroatoms. The summed E-state index contributed by atoms with van der Waals surface area (Å²) in [4.78, 5) is 0. The Morgan fingerprint density at radius 3 is 1.31 bits per heavy atom. The molecule has 0 bridgehead atoms. The van der Waals surface area contributed by atoms with Crippen LogP contribution in [0.1, 0.15) is 27.8 Å². The summed E-state index contributed by atoms with van der Waals surface area (Å²) < 4.78 is 18.3. The van der Waals surface area contributed by atoms with Gasteiger partial charge in [-0.2, -0.15) is 8.42 Å². The molecule has 0 unspecified atom stereocenters. The van der Waals surface area contributed by atoms with Gasteiger partial charge in [0.05, 0.1) is 0 Å². The second kappa shape index (κ2) is 5.89. The molecule has 0 aliphatic heterocycles. The number of hydrogen-bond acceptors (Lipinski definition) is 2. The minimum atomic E-state index is -3.72. The SMILES string of the molecule is Cc1cc(C)c(C)c(C)c1C.O=S(=O)(Cl)Cl. The normalized spacial score (nSPS) is 10.7. The molecule has 2 nitrogen and oxygen atoms in total. The van der Waals surface area contributed by atoms with E-state index in [1.807, 2.05) is 0 Å². The third kappa shape index (κ3) is 5.73. The summed E-state index contributed by atoms with van der Waals surface area (Å²) in [5.74, 6) is 0. The lowest BCUT2D eigenvalue weighted by Gasteiger charge is -2.10. The van der Waals surface area contributed by atoms with Crippen LogP contribution in [0.4, 0.5) is 0 Å². The van der Waals surface area contributed by atoms with Crippen LogP contribution in [0.2, 0.25) is 0 Å². The molecule has 0 saturated heterocycles. The van der Waals surface area contributed by atoms with Crippen molar-refractivity contribution in [3.63, 3.8) is 0 Å². The Morgan fingerprint density at radius 2 is 1.06 bits per heavy atom. The molecule has 0 heterocycles. The lowest BCUT2D eigenvalue weighted by atomic mass is 9.96. The Balaban J connectivity index is 0.000000385. The number of rotatable bonds is 0. The maximum absolute atomic E-state index is 9.16. The molecule has 0 atom stereocenters. The van der Waals surface area contributed by atoms with Crippen molar-refractivity contribution in [2.75, 3.05) is 0 Å².